The highest BCUT2D eigenvalue weighted by molar-refractivity contribution is 7.15. The Morgan fingerprint density at radius 3 is 2.50 bits per heavy atom. The molecular weight excluding hydrogens is 428 g/mol. The van der Waals surface area contributed by atoms with E-state index in [4.69, 9.17) is 16.3 Å². The highest BCUT2D eigenvalue weighted by atomic mass is 35.5. The van der Waals surface area contributed by atoms with Gasteiger partial charge in [-0.25, -0.2) is 4.79 Å². The van der Waals surface area contributed by atoms with E-state index in [9.17, 15) is 19.7 Å². The first-order chi connectivity index (χ1) is 14.3. The average Bonchev–Trinajstić information content (AvgIpc) is 3.16. The van der Waals surface area contributed by atoms with E-state index in [2.05, 4.69) is 5.32 Å². The number of nitro benzene ring substituents is 1. The fourth-order valence-electron chi connectivity index (χ4n) is 2.86. The van der Waals surface area contributed by atoms with Gasteiger partial charge in [0, 0.05) is 23.1 Å². The Morgan fingerprint density at radius 2 is 1.90 bits per heavy atom. The lowest BCUT2D eigenvalue weighted by atomic mass is 10.0. The third kappa shape index (κ3) is 4.34. The van der Waals surface area contributed by atoms with Gasteiger partial charge in [0.05, 0.1) is 22.6 Å². The molecule has 1 aromatic heterocycles. The lowest BCUT2D eigenvalue weighted by Crippen LogP contribution is -2.15. The molecule has 0 aliphatic heterocycles. The maximum atomic E-state index is 12.7. The first kappa shape index (κ1) is 21.5. The smallest absolute Gasteiger partial charge is 0.341 e. The zero-order valence-electron chi connectivity index (χ0n) is 16.1. The van der Waals surface area contributed by atoms with Crippen LogP contribution in [-0.2, 0) is 11.2 Å². The Morgan fingerprint density at radius 1 is 1.20 bits per heavy atom. The third-order valence-electron chi connectivity index (χ3n) is 4.49. The molecule has 1 heterocycles. The van der Waals surface area contributed by atoms with Gasteiger partial charge in [0.15, 0.2) is 0 Å². The van der Waals surface area contributed by atoms with Gasteiger partial charge in [-0.05, 0) is 23.6 Å². The first-order valence-electron chi connectivity index (χ1n) is 8.90. The molecule has 9 heteroatoms. The Bertz CT molecular complexity index is 1120. The van der Waals surface area contributed by atoms with Crippen LogP contribution in [0.4, 0.5) is 10.7 Å². The van der Waals surface area contributed by atoms with Crippen molar-refractivity contribution in [3.8, 4) is 11.1 Å². The van der Waals surface area contributed by atoms with Crippen LogP contribution in [0.5, 0.6) is 0 Å². The molecule has 1 N–H and O–H groups in total. The molecule has 0 aliphatic rings. The quantitative estimate of drug-likeness (QED) is 0.304. The molecule has 0 aliphatic carbocycles. The summed E-state index contributed by atoms with van der Waals surface area (Å²) in [6.07, 6.45) is 0.888. The molecule has 0 radical (unpaired) electrons. The van der Waals surface area contributed by atoms with Crippen molar-refractivity contribution >= 4 is 45.5 Å². The summed E-state index contributed by atoms with van der Waals surface area (Å²) in [6.45, 7) is 2.05. The summed E-state index contributed by atoms with van der Waals surface area (Å²) in [4.78, 5) is 35.6. The van der Waals surface area contributed by atoms with Crippen LogP contribution in [0.2, 0.25) is 5.02 Å². The monoisotopic (exact) mass is 444 g/mol. The predicted molar refractivity (Wildman–Crippen MR) is 117 cm³/mol. The number of carbonyl (C=O) groups is 2. The van der Waals surface area contributed by atoms with Crippen LogP contribution in [0.25, 0.3) is 11.1 Å². The molecule has 3 aromatic rings. The average molecular weight is 445 g/mol. The maximum Gasteiger partial charge on any atom is 0.341 e. The molecule has 1 amide bonds. The molecular formula is C21H17ClN2O5S. The highest BCUT2D eigenvalue weighted by Gasteiger charge is 2.24. The van der Waals surface area contributed by atoms with Crippen LogP contribution in [0.3, 0.4) is 0 Å². The van der Waals surface area contributed by atoms with E-state index in [0.717, 1.165) is 35.0 Å². The number of amides is 1. The summed E-state index contributed by atoms with van der Waals surface area (Å²) in [6, 6.07) is 11.3. The lowest BCUT2D eigenvalue weighted by Gasteiger charge is -2.09. The minimum Gasteiger partial charge on any atom is -0.465 e. The summed E-state index contributed by atoms with van der Waals surface area (Å²) in [5.41, 5.74) is 2.46. The van der Waals surface area contributed by atoms with Gasteiger partial charge in [0.1, 0.15) is 10.6 Å². The van der Waals surface area contributed by atoms with Crippen LogP contribution < -0.4 is 5.32 Å². The number of hydrogen-bond donors (Lipinski definition) is 1. The normalized spacial score (nSPS) is 10.5. The van der Waals surface area contributed by atoms with E-state index < -0.39 is 16.8 Å². The highest BCUT2D eigenvalue weighted by Crippen LogP contribution is 2.37. The summed E-state index contributed by atoms with van der Waals surface area (Å²) in [5.74, 6) is -1.27. The number of carbonyl (C=O) groups excluding carboxylic acids is 2. The molecule has 154 valence electrons. The van der Waals surface area contributed by atoms with Gasteiger partial charge in [0.25, 0.3) is 11.6 Å². The Balaban J connectivity index is 1.99. The number of non-ortho nitro benzene ring substituents is 1. The molecule has 30 heavy (non-hydrogen) atoms. The number of ether oxygens (including phenoxy) is 1. The lowest BCUT2D eigenvalue weighted by molar-refractivity contribution is -0.384. The molecule has 0 saturated heterocycles. The summed E-state index contributed by atoms with van der Waals surface area (Å²) >= 11 is 7.20. The standard InChI is InChI=1S/C21H17ClN2O5S/c1-3-12-4-6-13(7-5-12)16-11-30-20(18(16)21(26)29-2)23-19(25)15-10-14(24(27)28)8-9-17(15)22/h4-11H,3H2,1-2H3,(H,23,25). The SMILES string of the molecule is CCc1ccc(-c2csc(NC(=O)c3cc([N+](=O)[O-])ccc3Cl)c2C(=O)OC)cc1. The van der Waals surface area contributed by atoms with Crippen LogP contribution in [-0.4, -0.2) is 23.9 Å². The van der Waals surface area contributed by atoms with Crippen molar-refractivity contribution < 1.29 is 19.2 Å². The molecule has 0 unspecified atom stereocenters. The number of nitro groups is 1. The van der Waals surface area contributed by atoms with E-state index in [1.54, 1.807) is 5.38 Å². The van der Waals surface area contributed by atoms with Crippen molar-refractivity contribution in [2.75, 3.05) is 12.4 Å². The molecule has 2 aromatic carbocycles. The number of methoxy groups -OCH3 is 1. The Kier molecular flexibility index (Phi) is 6.49. The topological polar surface area (TPSA) is 98.5 Å². The maximum absolute atomic E-state index is 12.7. The van der Waals surface area contributed by atoms with Crippen molar-refractivity contribution in [3.05, 3.63) is 79.7 Å². The van der Waals surface area contributed by atoms with Crippen LogP contribution >= 0.6 is 22.9 Å². The van der Waals surface area contributed by atoms with Gasteiger partial charge in [-0.15, -0.1) is 11.3 Å². The fourth-order valence-corrected chi connectivity index (χ4v) is 4.01. The predicted octanol–water partition coefficient (Wildman–Crippen LogP) is 5.58. The number of hydrogen-bond acceptors (Lipinski definition) is 6. The van der Waals surface area contributed by atoms with Crippen molar-refractivity contribution in [2.45, 2.75) is 13.3 Å². The molecule has 0 atom stereocenters. The van der Waals surface area contributed by atoms with Gasteiger partial charge < -0.3 is 10.1 Å². The van der Waals surface area contributed by atoms with Gasteiger partial charge in [-0.3, -0.25) is 14.9 Å². The molecule has 0 saturated carbocycles. The van der Waals surface area contributed by atoms with Crippen molar-refractivity contribution in [3.63, 3.8) is 0 Å². The van der Waals surface area contributed by atoms with Crippen molar-refractivity contribution in [1.82, 2.24) is 0 Å². The molecule has 3 rings (SSSR count). The minimum atomic E-state index is -0.663. The third-order valence-corrected chi connectivity index (χ3v) is 5.71. The van der Waals surface area contributed by atoms with E-state index in [1.165, 1.54) is 19.2 Å². The number of rotatable bonds is 6. The summed E-state index contributed by atoms with van der Waals surface area (Å²) in [7, 11) is 1.26. The summed E-state index contributed by atoms with van der Waals surface area (Å²) in [5, 5.41) is 15.7. The van der Waals surface area contributed by atoms with E-state index in [0.29, 0.717) is 5.56 Å². The fraction of sp³-hybridized carbons (Fsp3) is 0.143. The van der Waals surface area contributed by atoms with Crippen LogP contribution in [0.1, 0.15) is 33.2 Å². The van der Waals surface area contributed by atoms with Gasteiger partial charge >= 0.3 is 5.97 Å². The second-order valence-electron chi connectivity index (χ2n) is 6.27. The Labute approximate surface area is 181 Å². The first-order valence-corrected chi connectivity index (χ1v) is 10.2. The van der Waals surface area contributed by atoms with Gasteiger partial charge in [0.2, 0.25) is 0 Å². The second kappa shape index (κ2) is 9.06. The van der Waals surface area contributed by atoms with Crippen molar-refractivity contribution in [1.29, 1.82) is 0 Å². The number of nitrogens with zero attached hydrogens (tertiary/aromatic N) is 1. The number of benzene rings is 2. The molecule has 7 nitrogen and oxygen atoms in total. The number of anilines is 1. The van der Waals surface area contributed by atoms with Gasteiger partial charge in [-0.1, -0.05) is 42.8 Å². The van der Waals surface area contributed by atoms with E-state index in [-0.39, 0.29) is 26.8 Å². The van der Waals surface area contributed by atoms with Crippen LogP contribution in [0, 0.1) is 10.1 Å². The largest absolute Gasteiger partial charge is 0.465 e. The molecule has 0 bridgehead atoms. The number of halogens is 1. The molecule has 0 fully saturated rings. The molecule has 0 spiro atoms. The van der Waals surface area contributed by atoms with E-state index in [1.807, 2.05) is 31.2 Å². The number of nitrogens with one attached hydrogen (secondary N) is 1. The minimum absolute atomic E-state index is 0.0599. The summed E-state index contributed by atoms with van der Waals surface area (Å²) < 4.78 is 4.90. The second-order valence-corrected chi connectivity index (χ2v) is 7.56. The van der Waals surface area contributed by atoms with Crippen molar-refractivity contribution in [2.24, 2.45) is 0 Å². The number of aryl methyl sites for hydroxylation is 1. The van der Waals surface area contributed by atoms with Crippen LogP contribution in [0.15, 0.2) is 47.8 Å². The Hall–Kier alpha value is -3.23. The number of esters is 1. The zero-order valence-corrected chi connectivity index (χ0v) is 17.7. The van der Waals surface area contributed by atoms with E-state index >= 15 is 0 Å². The zero-order chi connectivity index (χ0) is 21.8. The number of thiophene rings is 1. The van der Waals surface area contributed by atoms with Gasteiger partial charge in [-0.2, -0.15) is 0 Å².